The Morgan fingerprint density at radius 2 is 1.97 bits per heavy atom. The number of aromatic nitrogens is 3. The molecule has 2 saturated heterocycles. The van der Waals surface area contributed by atoms with Crippen LogP contribution < -0.4 is 10.9 Å². The van der Waals surface area contributed by atoms with E-state index in [4.69, 9.17) is 19.2 Å². The van der Waals surface area contributed by atoms with Crippen LogP contribution in [0.4, 0.5) is 0 Å². The number of benzene rings is 1. The summed E-state index contributed by atoms with van der Waals surface area (Å²) in [7, 11) is 1.78. The van der Waals surface area contributed by atoms with Crippen molar-refractivity contribution in [1.82, 2.24) is 19.4 Å². The number of esters is 1. The van der Waals surface area contributed by atoms with Gasteiger partial charge in [-0.1, -0.05) is 13.0 Å². The van der Waals surface area contributed by atoms with Crippen molar-refractivity contribution in [2.75, 3.05) is 26.4 Å². The lowest BCUT2D eigenvalue weighted by molar-refractivity contribution is -0.151. The van der Waals surface area contributed by atoms with Crippen LogP contribution in [-0.4, -0.2) is 58.7 Å². The molecule has 2 fully saturated rings. The zero-order valence-corrected chi connectivity index (χ0v) is 22.6. The summed E-state index contributed by atoms with van der Waals surface area (Å²) in [5.74, 6) is 1.15. The van der Waals surface area contributed by atoms with Gasteiger partial charge in [0, 0.05) is 57.1 Å². The van der Waals surface area contributed by atoms with Gasteiger partial charge in [0.2, 0.25) is 0 Å². The van der Waals surface area contributed by atoms with Crippen molar-refractivity contribution >= 4 is 17.0 Å². The standard InChI is InChI=1S/C29H38N4O5/c1-4-24(29(35)38-23-9-12-37-18-23)30-15-21-5-6-26-25(14-21)31-27(22-13-19(2)28(34)32(3)17-22)33(26)16-20-7-10-36-11-8-20/h5-6,13-14,17,20,23-24,30H,4,7-12,15-16,18H2,1-3H3/t23-,24-/m0/s1. The maximum atomic E-state index is 12.6. The van der Waals surface area contributed by atoms with Crippen molar-refractivity contribution in [3.8, 4) is 11.4 Å². The van der Waals surface area contributed by atoms with Gasteiger partial charge in [-0.05, 0) is 55.9 Å². The van der Waals surface area contributed by atoms with Gasteiger partial charge in [-0.2, -0.15) is 0 Å². The van der Waals surface area contributed by atoms with Crippen LogP contribution in [0.5, 0.6) is 0 Å². The van der Waals surface area contributed by atoms with E-state index >= 15 is 0 Å². The van der Waals surface area contributed by atoms with Crippen LogP contribution in [0.1, 0.15) is 43.7 Å². The molecular weight excluding hydrogens is 484 g/mol. The zero-order chi connectivity index (χ0) is 26.6. The summed E-state index contributed by atoms with van der Waals surface area (Å²) >= 11 is 0. The van der Waals surface area contributed by atoms with Crippen molar-refractivity contribution in [2.24, 2.45) is 13.0 Å². The molecule has 2 aliphatic heterocycles. The molecule has 4 heterocycles. The molecule has 0 bridgehead atoms. The van der Waals surface area contributed by atoms with Gasteiger partial charge in [-0.3, -0.25) is 9.59 Å². The molecule has 0 radical (unpaired) electrons. The summed E-state index contributed by atoms with van der Waals surface area (Å²) in [4.78, 5) is 30.0. The van der Waals surface area contributed by atoms with E-state index in [1.165, 1.54) is 0 Å². The summed E-state index contributed by atoms with van der Waals surface area (Å²) in [5.41, 5.74) is 4.63. The molecule has 5 rings (SSSR count). The Bertz CT molecular complexity index is 1310. The number of aryl methyl sites for hydroxylation is 2. The normalized spacial score (nSPS) is 19.2. The number of ether oxygens (including phenoxy) is 3. The molecule has 2 aliphatic rings. The van der Waals surface area contributed by atoms with Crippen molar-refractivity contribution in [2.45, 2.75) is 64.8 Å². The molecule has 204 valence electrons. The van der Waals surface area contributed by atoms with Crippen LogP contribution in [0, 0.1) is 12.8 Å². The van der Waals surface area contributed by atoms with Crippen molar-refractivity contribution in [3.63, 3.8) is 0 Å². The Balaban J connectivity index is 1.40. The Morgan fingerprint density at radius 1 is 1.18 bits per heavy atom. The van der Waals surface area contributed by atoms with Crippen LogP contribution in [0.2, 0.25) is 0 Å². The molecule has 0 unspecified atom stereocenters. The largest absolute Gasteiger partial charge is 0.459 e. The molecule has 38 heavy (non-hydrogen) atoms. The van der Waals surface area contributed by atoms with Crippen LogP contribution in [0.25, 0.3) is 22.4 Å². The first kappa shape index (κ1) is 26.6. The Labute approximate surface area is 223 Å². The van der Waals surface area contributed by atoms with Gasteiger partial charge in [-0.25, -0.2) is 4.98 Å². The Kier molecular flexibility index (Phi) is 8.26. The first-order chi connectivity index (χ1) is 18.4. The maximum absolute atomic E-state index is 12.6. The molecule has 9 nitrogen and oxygen atoms in total. The minimum Gasteiger partial charge on any atom is -0.459 e. The van der Waals surface area contributed by atoms with E-state index in [-0.39, 0.29) is 23.7 Å². The second kappa shape index (κ2) is 11.8. The number of hydrogen-bond donors (Lipinski definition) is 1. The van der Waals surface area contributed by atoms with E-state index in [9.17, 15) is 9.59 Å². The van der Waals surface area contributed by atoms with E-state index in [1.54, 1.807) is 11.6 Å². The molecule has 2 aromatic heterocycles. The van der Waals surface area contributed by atoms with Crippen LogP contribution in [-0.2, 0) is 39.1 Å². The summed E-state index contributed by atoms with van der Waals surface area (Å²) in [6.07, 6.45) is 5.17. The monoisotopic (exact) mass is 522 g/mol. The third-order valence-corrected chi connectivity index (χ3v) is 7.63. The molecule has 0 aliphatic carbocycles. The molecule has 1 aromatic carbocycles. The van der Waals surface area contributed by atoms with Gasteiger partial charge in [0.1, 0.15) is 18.0 Å². The Morgan fingerprint density at radius 3 is 2.68 bits per heavy atom. The number of fused-ring (bicyclic) bond motifs is 1. The summed E-state index contributed by atoms with van der Waals surface area (Å²) in [5, 5.41) is 3.36. The average Bonchev–Trinajstić information content (AvgIpc) is 3.55. The van der Waals surface area contributed by atoms with Gasteiger partial charge in [0.25, 0.3) is 5.56 Å². The number of imidazole rings is 1. The number of carbonyl (C=O) groups excluding carboxylic acids is 1. The van der Waals surface area contributed by atoms with Gasteiger partial charge >= 0.3 is 5.97 Å². The summed E-state index contributed by atoms with van der Waals surface area (Å²) in [6.45, 7) is 7.90. The highest BCUT2D eigenvalue weighted by molar-refractivity contribution is 5.81. The molecule has 0 amide bonds. The highest BCUT2D eigenvalue weighted by atomic mass is 16.6. The van der Waals surface area contributed by atoms with Crippen LogP contribution >= 0.6 is 0 Å². The third kappa shape index (κ3) is 5.85. The average molecular weight is 523 g/mol. The van der Waals surface area contributed by atoms with E-state index < -0.39 is 0 Å². The smallest absolute Gasteiger partial charge is 0.323 e. The summed E-state index contributed by atoms with van der Waals surface area (Å²) in [6, 6.07) is 7.85. The molecule has 3 aromatic rings. The second-order valence-electron chi connectivity index (χ2n) is 10.5. The lowest BCUT2D eigenvalue weighted by atomic mass is 10.00. The number of nitrogens with zero attached hydrogens (tertiary/aromatic N) is 3. The third-order valence-electron chi connectivity index (χ3n) is 7.63. The summed E-state index contributed by atoms with van der Waals surface area (Å²) < 4.78 is 20.4. The van der Waals surface area contributed by atoms with E-state index in [1.807, 2.05) is 26.1 Å². The highest BCUT2D eigenvalue weighted by Crippen LogP contribution is 2.29. The molecular formula is C29H38N4O5. The number of nitrogens with one attached hydrogen (secondary N) is 1. The highest BCUT2D eigenvalue weighted by Gasteiger charge is 2.25. The zero-order valence-electron chi connectivity index (χ0n) is 22.6. The number of hydrogen-bond acceptors (Lipinski definition) is 7. The molecule has 0 saturated carbocycles. The number of pyridine rings is 1. The number of carbonyl (C=O) groups is 1. The van der Waals surface area contributed by atoms with Gasteiger partial charge in [0.05, 0.1) is 24.2 Å². The fourth-order valence-electron chi connectivity index (χ4n) is 5.37. The molecule has 1 N–H and O–H groups in total. The molecule has 2 atom stereocenters. The molecule has 0 spiro atoms. The SMILES string of the molecule is CC[C@H](NCc1ccc2c(c1)nc(-c1cc(C)c(=O)n(C)c1)n2CC1CCOCC1)C(=O)O[C@H]1CCOC1. The fourth-order valence-corrected chi connectivity index (χ4v) is 5.37. The topological polar surface area (TPSA) is 96.6 Å². The van der Waals surface area contributed by atoms with Crippen LogP contribution in [0.3, 0.4) is 0 Å². The lowest BCUT2D eigenvalue weighted by Gasteiger charge is -2.23. The maximum Gasteiger partial charge on any atom is 0.323 e. The van der Waals surface area contributed by atoms with Crippen molar-refractivity contribution in [1.29, 1.82) is 0 Å². The lowest BCUT2D eigenvalue weighted by Crippen LogP contribution is -2.39. The minimum atomic E-state index is -0.374. The minimum absolute atomic E-state index is 0.00124. The van der Waals surface area contributed by atoms with Crippen LogP contribution in [0.15, 0.2) is 35.3 Å². The van der Waals surface area contributed by atoms with Gasteiger partial charge in [-0.15, -0.1) is 0 Å². The predicted octanol–water partition coefficient (Wildman–Crippen LogP) is 3.34. The van der Waals surface area contributed by atoms with Gasteiger partial charge in [0.15, 0.2) is 0 Å². The van der Waals surface area contributed by atoms with E-state index in [0.717, 1.165) is 67.0 Å². The van der Waals surface area contributed by atoms with Crippen molar-refractivity contribution in [3.05, 3.63) is 51.9 Å². The van der Waals surface area contributed by atoms with E-state index in [0.29, 0.717) is 37.7 Å². The molecule has 9 heteroatoms. The van der Waals surface area contributed by atoms with Gasteiger partial charge < -0.3 is 28.7 Å². The quantitative estimate of drug-likeness (QED) is 0.431. The van der Waals surface area contributed by atoms with Crippen molar-refractivity contribution < 1.29 is 19.0 Å². The number of rotatable bonds is 9. The first-order valence-electron chi connectivity index (χ1n) is 13.7. The second-order valence-corrected chi connectivity index (χ2v) is 10.5. The predicted molar refractivity (Wildman–Crippen MR) is 145 cm³/mol. The first-order valence-corrected chi connectivity index (χ1v) is 13.7. The fraction of sp³-hybridized carbons (Fsp3) is 0.552. The van der Waals surface area contributed by atoms with E-state index in [2.05, 4.69) is 28.1 Å². The Hall–Kier alpha value is -3.01.